The minimum absolute atomic E-state index is 1.28. The zero-order chi connectivity index (χ0) is 7.11. The molecule has 0 nitrogen and oxygen atoms in total. The van der Waals surface area contributed by atoms with E-state index in [-0.39, 0.29) is 0 Å². The van der Waals surface area contributed by atoms with Gasteiger partial charge in [-0.05, 0) is 38.7 Å². The van der Waals surface area contributed by atoms with Gasteiger partial charge in [-0.15, -0.1) is 0 Å². The minimum Gasteiger partial charge on any atom is -0.165 e. The average molecular weight is 144 g/mol. The van der Waals surface area contributed by atoms with E-state index in [1.165, 1.54) is 24.2 Å². The molecule has 9 heavy (non-hydrogen) atoms. The summed E-state index contributed by atoms with van der Waals surface area (Å²) in [6, 6.07) is 0. The number of thioether (sulfide) groups is 1. The van der Waals surface area contributed by atoms with E-state index < -0.39 is 0 Å². The Kier molecular flexibility index (Phi) is 6.28. The first-order valence-electron chi connectivity index (χ1n) is 3.42. The molecule has 0 saturated carbocycles. The lowest BCUT2D eigenvalue weighted by atomic mass is 10.2. The van der Waals surface area contributed by atoms with E-state index in [0.29, 0.717) is 0 Å². The van der Waals surface area contributed by atoms with Gasteiger partial charge in [-0.1, -0.05) is 11.6 Å². The highest BCUT2D eigenvalue weighted by molar-refractivity contribution is 7.98. The summed E-state index contributed by atoms with van der Waals surface area (Å²) in [6.07, 6.45) is 6.96. The zero-order valence-corrected chi connectivity index (χ0v) is 7.42. The number of allylic oxidation sites excluding steroid dienone is 2. The third kappa shape index (κ3) is 5.97. The van der Waals surface area contributed by atoms with Gasteiger partial charge < -0.3 is 0 Å². The fourth-order valence-electron chi connectivity index (χ4n) is 0.640. The molecular weight excluding hydrogens is 128 g/mol. The summed E-state index contributed by atoms with van der Waals surface area (Å²) in [7, 11) is 0. The second kappa shape index (κ2) is 6.21. The highest BCUT2D eigenvalue weighted by atomic mass is 32.2. The van der Waals surface area contributed by atoms with Crippen LogP contribution in [0.5, 0.6) is 0 Å². The fourth-order valence-corrected chi connectivity index (χ4v) is 1.07. The lowest BCUT2D eigenvalue weighted by molar-refractivity contribution is 0.914. The van der Waals surface area contributed by atoms with Gasteiger partial charge >= 0.3 is 0 Å². The molecule has 0 aliphatic heterocycles. The minimum atomic E-state index is 1.28. The number of rotatable bonds is 4. The molecule has 0 aliphatic rings. The molecule has 0 radical (unpaired) electrons. The topological polar surface area (TPSA) is 0 Å². The third-order valence-electron chi connectivity index (χ3n) is 1.41. The summed E-state index contributed by atoms with van der Waals surface area (Å²) in [6.45, 7) is 4.30. The van der Waals surface area contributed by atoms with Crippen LogP contribution in [0.15, 0.2) is 11.6 Å². The first-order valence-corrected chi connectivity index (χ1v) is 4.81. The van der Waals surface area contributed by atoms with Gasteiger partial charge in [0.25, 0.3) is 0 Å². The molecule has 0 N–H and O–H groups in total. The van der Waals surface area contributed by atoms with Crippen LogP contribution in [-0.2, 0) is 0 Å². The normalized spacial score (nSPS) is 12.1. The molecule has 0 aromatic carbocycles. The molecule has 0 aliphatic carbocycles. The molecule has 0 spiro atoms. The summed E-state index contributed by atoms with van der Waals surface area (Å²) in [5.74, 6) is 1.30. The molecular formula is C8H16S. The monoisotopic (exact) mass is 144 g/mol. The van der Waals surface area contributed by atoms with E-state index in [4.69, 9.17) is 0 Å². The van der Waals surface area contributed by atoms with Crippen molar-refractivity contribution in [3.63, 3.8) is 0 Å². The van der Waals surface area contributed by atoms with Crippen molar-refractivity contribution < 1.29 is 0 Å². The van der Waals surface area contributed by atoms with Gasteiger partial charge in [-0.3, -0.25) is 0 Å². The Hall–Kier alpha value is 0.0900. The Labute approximate surface area is 62.7 Å². The molecule has 0 bridgehead atoms. The lowest BCUT2D eigenvalue weighted by Crippen LogP contribution is -1.79. The third-order valence-corrected chi connectivity index (χ3v) is 2.11. The second-order valence-corrected chi connectivity index (χ2v) is 3.22. The summed E-state index contributed by atoms with van der Waals surface area (Å²) in [4.78, 5) is 0. The Morgan fingerprint density at radius 3 is 2.67 bits per heavy atom. The first kappa shape index (κ1) is 9.09. The standard InChI is InChI=1S/C8H16S/c1-4-8(2)6-5-7-9-3/h4H,5-7H2,1-3H3. The summed E-state index contributed by atoms with van der Waals surface area (Å²) in [5.41, 5.74) is 1.52. The van der Waals surface area contributed by atoms with Gasteiger partial charge in [0, 0.05) is 0 Å². The molecule has 1 heteroatoms. The Balaban J connectivity index is 3.07. The van der Waals surface area contributed by atoms with Crippen molar-refractivity contribution in [2.24, 2.45) is 0 Å². The van der Waals surface area contributed by atoms with E-state index in [2.05, 4.69) is 26.2 Å². The molecule has 0 fully saturated rings. The highest BCUT2D eigenvalue weighted by Gasteiger charge is 1.86. The van der Waals surface area contributed by atoms with Crippen molar-refractivity contribution in [2.45, 2.75) is 26.7 Å². The number of hydrogen-bond acceptors (Lipinski definition) is 1. The summed E-state index contributed by atoms with van der Waals surface area (Å²) < 4.78 is 0. The van der Waals surface area contributed by atoms with Crippen molar-refractivity contribution in [3.05, 3.63) is 11.6 Å². The Morgan fingerprint density at radius 2 is 2.22 bits per heavy atom. The predicted molar refractivity (Wildman–Crippen MR) is 47.0 cm³/mol. The van der Waals surface area contributed by atoms with Crippen LogP contribution in [0.4, 0.5) is 0 Å². The SMILES string of the molecule is CC=C(C)CCCSC. The van der Waals surface area contributed by atoms with E-state index in [9.17, 15) is 0 Å². The van der Waals surface area contributed by atoms with Crippen LogP contribution in [0, 0.1) is 0 Å². The molecule has 0 aromatic heterocycles. The maximum absolute atomic E-state index is 2.19. The Morgan fingerprint density at radius 1 is 1.56 bits per heavy atom. The van der Waals surface area contributed by atoms with Crippen molar-refractivity contribution in [2.75, 3.05) is 12.0 Å². The van der Waals surface area contributed by atoms with Crippen LogP contribution in [0.25, 0.3) is 0 Å². The van der Waals surface area contributed by atoms with Gasteiger partial charge in [-0.25, -0.2) is 0 Å². The molecule has 0 rings (SSSR count). The van der Waals surface area contributed by atoms with Crippen molar-refractivity contribution in [3.8, 4) is 0 Å². The molecule has 0 unspecified atom stereocenters. The molecule has 0 saturated heterocycles. The van der Waals surface area contributed by atoms with Crippen LogP contribution < -0.4 is 0 Å². The summed E-state index contributed by atoms with van der Waals surface area (Å²) >= 11 is 1.93. The van der Waals surface area contributed by atoms with E-state index in [1.54, 1.807) is 0 Å². The van der Waals surface area contributed by atoms with Crippen molar-refractivity contribution in [1.82, 2.24) is 0 Å². The van der Waals surface area contributed by atoms with E-state index in [1.807, 2.05) is 11.8 Å². The maximum atomic E-state index is 2.19. The van der Waals surface area contributed by atoms with E-state index >= 15 is 0 Å². The average Bonchev–Trinajstić information content (AvgIpc) is 1.89. The second-order valence-electron chi connectivity index (χ2n) is 2.23. The molecule has 0 amide bonds. The zero-order valence-electron chi connectivity index (χ0n) is 6.61. The van der Waals surface area contributed by atoms with Crippen molar-refractivity contribution >= 4 is 11.8 Å². The van der Waals surface area contributed by atoms with E-state index in [0.717, 1.165) is 0 Å². The summed E-state index contributed by atoms with van der Waals surface area (Å²) in [5, 5.41) is 0. The van der Waals surface area contributed by atoms with Crippen LogP contribution in [-0.4, -0.2) is 12.0 Å². The highest BCUT2D eigenvalue weighted by Crippen LogP contribution is 2.06. The first-order chi connectivity index (χ1) is 4.31. The van der Waals surface area contributed by atoms with Crippen LogP contribution in [0.2, 0.25) is 0 Å². The Bertz CT molecular complexity index is 84.6. The fraction of sp³-hybridized carbons (Fsp3) is 0.750. The van der Waals surface area contributed by atoms with Gasteiger partial charge in [0.1, 0.15) is 0 Å². The molecule has 0 heterocycles. The van der Waals surface area contributed by atoms with Crippen LogP contribution in [0.3, 0.4) is 0 Å². The maximum Gasteiger partial charge on any atom is -0.00673 e. The van der Waals surface area contributed by atoms with Gasteiger partial charge in [0.05, 0.1) is 0 Å². The van der Waals surface area contributed by atoms with Crippen molar-refractivity contribution in [1.29, 1.82) is 0 Å². The van der Waals surface area contributed by atoms with Gasteiger partial charge in [-0.2, -0.15) is 11.8 Å². The molecule has 54 valence electrons. The predicted octanol–water partition coefficient (Wildman–Crippen LogP) is 3.10. The molecule has 0 atom stereocenters. The largest absolute Gasteiger partial charge is 0.165 e. The molecule has 0 aromatic rings. The number of hydrogen-bond donors (Lipinski definition) is 0. The quantitative estimate of drug-likeness (QED) is 0.431. The van der Waals surface area contributed by atoms with Crippen LogP contribution >= 0.6 is 11.8 Å². The van der Waals surface area contributed by atoms with Gasteiger partial charge in [0.15, 0.2) is 0 Å². The van der Waals surface area contributed by atoms with Gasteiger partial charge in [0.2, 0.25) is 0 Å². The van der Waals surface area contributed by atoms with Crippen LogP contribution in [0.1, 0.15) is 26.7 Å². The smallest absolute Gasteiger partial charge is 0.00673 e. The lowest BCUT2D eigenvalue weighted by Gasteiger charge is -1.96.